The molecule has 0 bridgehead atoms. The minimum Gasteiger partial charge on any atom is -0.377 e. The maximum Gasteiger partial charge on any atom is 0.227 e. The number of amides is 2. The summed E-state index contributed by atoms with van der Waals surface area (Å²) in [5.41, 5.74) is 2.89. The van der Waals surface area contributed by atoms with Crippen LogP contribution < -0.4 is 10.2 Å². The number of benzene rings is 1. The van der Waals surface area contributed by atoms with E-state index in [9.17, 15) is 9.59 Å². The second-order valence-electron chi connectivity index (χ2n) is 6.74. The molecule has 0 atom stereocenters. The lowest BCUT2D eigenvalue weighted by Gasteiger charge is -2.28. The highest BCUT2D eigenvalue weighted by Crippen LogP contribution is 2.31. The van der Waals surface area contributed by atoms with E-state index in [2.05, 4.69) is 5.32 Å². The summed E-state index contributed by atoms with van der Waals surface area (Å²) in [6.07, 6.45) is 1.97. The third-order valence-electron chi connectivity index (χ3n) is 4.15. The molecule has 2 rings (SSSR count). The maximum absolute atomic E-state index is 12.0. The summed E-state index contributed by atoms with van der Waals surface area (Å²) >= 11 is 0. The van der Waals surface area contributed by atoms with Crippen LogP contribution in [0.3, 0.4) is 0 Å². The van der Waals surface area contributed by atoms with Crippen LogP contribution in [0.5, 0.6) is 0 Å². The summed E-state index contributed by atoms with van der Waals surface area (Å²) in [5, 5.41) is 2.98. The number of carbonyl (C=O) groups is 2. The summed E-state index contributed by atoms with van der Waals surface area (Å²) < 4.78 is 0. The average Bonchev–Trinajstić information content (AvgIpc) is 3.28. The highest BCUT2D eigenvalue weighted by Gasteiger charge is 2.29. The van der Waals surface area contributed by atoms with Crippen LogP contribution in [0, 0.1) is 5.92 Å². The van der Waals surface area contributed by atoms with E-state index in [1.165, 1.54) is 0 Å². The van der Waals surface area contributed by atoms with E-state index in [-0.39, 0.29) is 23.8 Å². The van der Waals surface area contributed by atoms with Gasteiger partial charge in [0.2, 0.25) is 11.8 Å². The second kappa shape index (κ2) is 7.02. The molecule has 0 unspecified atom stereocenters. The van der Waals surface area contributed by atoms with Gasteiger partial charge in [0, 0.05) is 50.9 Å². The van der Waals surface area contributed by atoms with Crippen LogP contribution >= 0.6 is 0 Å². The molecule has 1 saturated carbocycles. The van der Waals surface area contributed by atoms with Gasteiger partial charge in [-0.1, -0.05) is 0 Å². The Morgan fingerprint density at radius 2 is 1.91 bits per heavy atom. The fourth-order valence-electron chi connectivity index (χ4n) is 2.66. The van der Waals surface area contributed by atoms with Crippen LogP contribution in [0.4, 0.5) is 11.4 Å². The van der Waals surface area contributed by atoms with Crippen LogP contribution in [-0.2, 0) is 16.1 Å². The molecule has 0 aliphatic heterocycles. The number of hydrogen-bond acceptors (Lipinski definition) is 3. The number of rotatable bonds is 6. The van der Waals surface area contributed by atoms with Gasteiger partial charge in [0.15, 0.2) is 0 Å². The van der Waals surface area contributed by atoms with Crippen LogP contribution in [0.25, 0.3) is 0 Å². The van der Waals surface area contributed by atoms with Gasteiger partial charge >= 0.3 is 0 Å². The number of hydrogen-bond donors (Lipinski definition) is 1. The van der Waals surface area contributed by atoms with Gasteiger partial charge in [-0.15, -0.1) is 0 Å². The van der Waals surface area contributed by atoms with Crippen LogP contribution in [-0.4, -0.2) is 36.9 Å². The van der Waals surface area contributed by atoms with E-state index in [0.29, 0.717) is 6.54 Å². The first-order valence-corrected chi connectivity index (χ1v) is 8.18. The fraction of sp³-hybridized carbons (Fsp3) is 0.556. The number of nitrogens with zero attached hydrogens (tertiary/aromatic N) is 2. The van der Waals surface area contributed by atoms with Crippen molar-refractivity contribution in [2.75, 3.05) is 24.3 Å². The zero-order valence-electron chi connectivity index (χ0n) is 14.7. The first kappa shape index (κ1) is 17.3. The molecule has 0 saturated heterocycles. The van der Waals surface area contributed by atoms with Crippen molar-refractivity contribution in [3.05, 3.63) is 23.8 Å². The fourth-order valence-corrected chi connectivity index (χ4v) is 2.66. The highest BCUT2D eigenvalue weighted by atomic mass is 16.2. The van der Waals surface area contributed by atoms with Gasteiger partial charge in [-0.05, 0) is 50.5 Å². The van der Waals surface area contributed by atoms with Crippen molar-refractivity contribution in [2.45, 2.75) is 46.2 Å². The smallest absolute Gasteiger partial charge is 0.227 e. The third kappa shape index (κ3) is 4.47. The van der Waals surface area contributed by atoms with Crippen LogP contribution in [0.1, 0.15) is 39.2 Å². The molecule has 2 amide bonds. The lowest BCUT2D eigenvalue weighted by Crippen LogP contribution is -2.35. The van der Waals surface area contributed by atoms with Gasteiger partial charge in [0.1, 0.15) is 0 Å². The Labute approximate surface area is 138 Å². The Kier molecular flexibility index (Phi) is 5.29. The maximum atomic E-state index is 12.0. The van der Waals surface area contributed by atoms with E-state index in [1.807, 2.05) is 55.9 Å². The van der Waals surface area contributed by atoms with Gasteiger partial charge < -0.3 is 15.1 Å². The largest absolute Gasteiger partial charge is 0.377 e. The van der Waals surface area contributed by atoms with E-state index < -0.39 is 0 Å². The Balaban J connectivity index is 2.25. The molecule has 126 valence electrons. The molecule has 23 heavy (non-hydrogen) atoms. The van der Waals surface area contributed by atoms with Crippen molar-refractivity contribution in [3.8, 4) is 0 Å². The lowest BCUT2D eigenvalue weighted by molar-refractivity contribution is -0.131. The molecule has 1 fully saturated rings. The first-order valence-electron chi connectivity index (χ1n) is 8.18. The Bertz CT molecular complexity index is 592. The van der Waals surface area contributed by atoms with Crippen molar-refractivity contribution in [3.63, 3.8) is 0 Å². The molecule has 5 heteroatoms. The lowest BCUT2D eigenvalue weighted by atomic mass is 10.1. The molecule has 1 aliphatic carbocycles. The molecule has 1 aromatic carbocycles. The number of nitrogens with one attached hydrogen (secondary N) is 1. The van der Waals surface area contributed by atoms with Gasteiger partial charge in [0.25, 0.3) is 0 Å². The van der Waals surface area contributed by atoms with Crippen LogP contribution in [0.2, 0.25) is 0 Å². The molecule has 1 aromatic rings. The molecule has 0 aromatic heterocycles. The van der Waals surface area contributed by atoms with Crippen molar-refractivity contribution in [1.29, 1.82) is 0 Å². The minimum absolute atomic E-state index is 0.0529. The SMILES string of the molecule is CC(=O)N(Cc1cc(NC(=O)C2CC2)ccc1N(C)C)C(C)C. The Morgan fingerprint density at radius 3 is 2.39 bits per heavy atom. The zero-order valence-corrected chi connectivity index (χ0v) is 14.7. The number of anilines is 2. The zero-order chi connectivity index (χ0) is 17.1. The molecular formula is C18H27N3O2. The molecule has 0 radical (unpaired) electrons. The summed E-state index contributed by atoms with van der Waals surface area (Å²) in [7, 11) is 3.96. The van der Waals surface area contributed by atoms with Crippen molar-refractivity contribution >= 4 is 23.2 Å². The van der Waals surface area contributed by atoms with Gasteiger partial charge in [-0.2, -0.15) is 0 Å². The Morgan fingerprint density at radius 1 is 1.26 bits per heavy atom. The van der Waals surface area contributed by atoms with E-state index in [1.54, 1.807) is 6.92 Å². The van der Waals surface area contributed by atoms with E-state index in [0.717, 1.165) is 29.8 Å². The summed E-state index contributed by atoms with van der Waals surface area (Å²) in [5.74, 6) is 0.328. The minimum atomic E-state index is 0.0529. The topological polar surface area (TPSA) is 52.7 Å². The normalized spacial score (nSPS) is 13.8. The van der Waals surface area contributed by atoms with E-state index in [4.69, 9.17) is 0 Å². The third-order valence-corrected chi connectivity index (χ3v) is 4.15. The first-order chi connectivity index (χ1) is 10.8. The standard InChI is InChI=1S/C18H27N3O2/c1-12(2)21(13(3)22)11-15-10-16(8-9-17(15)20(4)5)19-18(23)14-6-7-14/h8-10,12,14H,6-7,11H2,1-5H3,(H,19,23). The molecular weight excluding hydrogens is 290 g/mol. The summed E-state index contributed by atoms with van der Waals surface area (Å²) in [6, 6.07) is 6.03. The van der Waals surface area contributed by atoms with Gasteiger partial charge in [-0.3, -0.25) is 9.59 Å². The van der Waals surface area contributed by atoms with Crippen LogP contribution in [0.15, 0.2) is 18.2 Å². The summed E-state index contributed by atoms with van der Waals surface area (Å²) in [4.78, 5) is 27.7. The van der Waals surface area contributed by atoms with Crippen molar-refractivity contribution in [1.82, 2.24) is 4.90 Å². The number of carbonyl (C=O) groups excluding carboxylic acids is 2. The summed E-state index contributed by atoms with van der Waals surface area (Å²) in [6.45, 7) is 6.15. The Hall–Kier alpha value is -2.04. The average molecular weight is 317 g/mol. The van der Waals surface area contributed by atoms with Gasteiger partial charge in [0.05, 0.1) is 0 Å². The quantitative estimate of drug-likeness (QED) is 0.878. The van der Waals surface area contributed by atoms with Gasteiger partial charge in [-0.25, -0.2) is 0 Å². The molecule has 5 nitrogen and oxygen atoms in total. The predicted molar refractivity (Wildman–Crippen MR) is 93.5 cm³/mol. The molecule has 0 spiro atoms. The molecule has 1 aliphatic rings. The van der Waals surface area contributed by atoms with Crippen molar-refractivity contribution in [2.24, 2.45) is 5.92 Å². The van der Waals surface area contributed by atoms with E-state index >= 15 is 0 Å². The highest BCUT2D eigenvalue weighted by molar-refractivity contribution is 5.94. The monoisotopic (exact) mass is 317 g/mol. The second-order valence-corrected chi connectivity index (χ2v) is 6.74. The predicted octanol–water partition coefficient (Wildman–Crippen LogP) is 2.86. The molecule has 1 N–H and O–H groups in total. The van der Waals surface area contributed by atoms with Crippen molar-refractivity contribution < 1.29 is 9.59 Å². The molecule has 0 heterocycles.